The molecule has 122 valence electrons. The number of hydrogen-bond acceptors (Lipinski definition) is 2. The maximum atomic E-state index is 13.0. The summed E-state index contributed by atoms with van der Waals surface area (Å²) in [7, 11) is 0. The smallest absolute Gasteiger partial charge is 0.321 e. The van der Waals surface area contributed by atoms with Gasteiger partial charge in [0, 0.05) is 10.3 Å². The molecule has 1 aromatic heterocycles. The molecule has 6 heteroatoms. The molecule has 0 aliphatic heterocycles. The third-order valence-electron chi connectivity index (χ3n) is 4.13. The molecule has 3 rings (SSSR count). The second-order valence-corrected chi connectivity index (χ2v) is 6.86. The Morgan fingerprint density at radius 3 is 2.78 bits per heavy atom. The van der Waals surface area contributed by atoms with Gasteiger partial charge in [0.25, 0.3) is 5.91 Å². The molecular weight excluding hydrogens is 323 g/mol. The molecule has 1 aromatic carbocycles. The number of nitrogens with one attached hydrogen (secondary N) is 1. The van der Waals surface area contributed by atoms with E-state index >= 15 is 0 Å². The molecule has 23 heavy (non-hydrogen) atoms. The molecule has 1 atom stereocenters. The van der Waals surface area contributed by atoms with Crippen LogP contribution in [-0.2, 0) is 19.0 Å². The van der Waals surface area contributed by atoms with E-state index in [1.54, 1.807) is 5.38 Å². The van der Waals surface area contributed by atoms with E-state index in [9.17, 15) is 18.0 Å². The number of para-hydroxylation sites is 1. The maximum Gasteiger partial charge on any atom is 0.418 e. The van der Waals surface area contributed by atoms with Gasteiger partial charge in [0.2, 0.25) is 0 Å². The molecule has 0 saturated heterocycles. The van der Waals surface area contributed by atoms with Gasteiger partial charge in [0.1, 0.15) is 0 Å². The number of anilines is 1. The fraction of sp³-hybridized carbons (Fsp3) is 0.353. The molecule has 0 unspecified atom stereocenters. The van der Waals surface area contributed by atoms with Crippen LogP contribution in [-0.4, -0.2) is 5.91 Å². The Morgan fingerprint density at radius 2 is 2.04 bits per heavy atom. The third kappa shape index (κ3) is 3.27. The SMILES string of the molecule is C[C@@H]1CCc2c(C(=O)Nc3ccccc3C(F)(F)F)csc2C1. The van der Waals surface area contributed by atoms with Crippen molar-refractivity contribution in [3.05, 3.63) is 51.2 Å². The molecular formula is C17H16F3NOS. The van der Waals surface area contributed by atoms with Crippen LogP contribution >= 0.6 is 11.3 Å². The highest BCUT2D eigenvalue weighted by Gasteiger charge is 2.34. The van der Waals surface area contributed by atoms with E-state index in [-0.39, 0.29) is 5.69 Å². The average molecular weight is 339 g/mol. The van der Waals surface area contributed by atoms with Crippen LogP contribution in [0, 0.1) is 5.92 Å². The Bertz CT molecular complexity index is 736. The maximum absolute atomic E-state index is 13.0. The molecule has 2 aromatic rings. The number of hydrogen-bond donors (Lipinski definition) is 1. The Kier molecular flexibility index (Phi) is 4.19. The van der Waals surface area contributed by atoms with Crippen LogP contribution in [0.3, 0.4) is 0 Å². The van der Waals surface area contributed by atoms with Crippen LogP contribution in [0.5, 0.6) is 0 Å². The highest BCUT2D eigenvalue weighted by atomic mass is 32.1. The monoisotopic (exact) mass is 339 g/mol. The molecule has 0 fully saturated rings. The number of alkyl halides is 3. The summed E-state index contributed by atoms with van der Waals surface area (Å²) in [6, 6.07) is 5.05. The molecule has 2 nitrogen and oxygen atoms in total. The minimum atomic E-state index is -4.49. The summed E-state index contributed by atoms with van der Waals surface area (Å²) >= 11 is 1.52. The van der Waals surface area contributed by atoms with Gasteiger partial charge in [-0.25, -0.2) is 0 Å². The zero-order valence-electron chi connectivity index (χ0n) is 12.5. The van der Waals surface area contributed by atoms with Gasteiger partial charge in [0.05, 0.1) is 16.8 Å². The average Bonchev–Trinajstić information content (AvgIpc) is 2.89. The molecule has 1 aliphatic rings. The van der Waals surface area contributed by atoms with Crippen LogP contribution in [0.4, 0.5) is 18.9 Å². The van der Waals surface area contributed by atoms with Crippen LogP contribution in [0.2, 0.25) is 0 Å². The van der Waals surface area contributed by atoms with Crippen molar-refractivity contribution in [2.45, 2.75) is 32.4 Å². The van der Waals surface area contributed by atoms with E-state index in [1.807, 2.05) is 0 Å². The zero-order valence-corrected chi connectivity index (χ0v) is 13.4. The number of rotatable bonds is 2. The van der Waals surface area contributed by atoms with Crippen molar-refractivity contribution in [1.29, 1.82) is 0 Å². The van der Waals surface area contributed by atoms with Gasteiger partial charge in [-0.1, -0.05) is 19.1 Å². The first-order valence-electron chi connectivity index (χ1n) is 7.43. The Hall–Kier alpha value is -1.82. The second-order valence-electron chi connectivity index (χ2n) is 5.90. The first-order chi connectivity index (χ1) is 10.9. The predicted octanol–water partition coefficient (Wildman–Crippen LogP) is 5.14. The number of thiophene rings is 1. The standard InChI is InChI=1S/C17H16F3NOS/c1-10-6-7-11-12(9-23-15(11)8-10)16(22)21-14-5-3-2-4-13(14)17(18,19)20/h2-5,9-10H,6-8H2,1H3,(H,21,22)/t10-/m1/s1. The van der Waals surface area contributed by atoms with Gasteiger partial charge < -0.3 is 5.32 Å². The second kappa shape index (κ2) is 6.00. The number of amides is 1. The van der Waals surface area contributed by atoms with Gasteiger partial charge in [-0.2, -0.15) is 13.2 Å². The van der Waals surface area contributed by atoms with Crippen molar-refractivity contribution < 1.29 is 18.0 Å². The Labute approximate surface area is 136 Å². The van der Waals surface area contributed by atoms with E-state index in [0.29, 0.717) is 11.5 Å². The summed E-state index contributed by atoms with van der Waals surface area (Å²) in [6.07, 6.45) is -1.74. The first-order valence-corrected chi connectivity index (χ1v) is 8.31. The summed E-state index contributed by atoms with van der Waals surface area (Å²) < 4.78 is 39.0. The normalized spacial score (nSPS) is 17.7. The molecule has 1 amide bonds. The molecule has 0 saturated carbocycles. The van der Waals surface area contributed by atoms with E-state index < -0.39 is 17.6 Å². The number of carbonyl (C=O) groups is 1. The number of fused-ring (bicyclic) bond motifs is 1. The van der Waals surface area contributed by atoms with E-state index in [0.717, 1.165) is 30.9 Å². The minimum absolute atomic E-state index is 0.200. The van der Waals surface area contributed by atoms with Crippen molar-refractivity contribution >= 4 is 22.9 Å². The lowest BCUT2D eigenvalue weighted by Gasteiger charge is -2.19. The van der Waals surface area contributed by atoms with E-state index in [2.05, 4.69) is 12.2 Å². The molecule has 0 bridgehead atoms. The van der Waals surface area contributed by atoms with Crippen molar-refractivity contribution in [2.24, 2.45) is 5.92 Å². The largest absolute Gasteiger partial charge is 0.418 e. The lowest BCUT2D eigenvalue weighted by molar-refractivity contribution is -0.136. The lowest BCUT2D eigenvalue weighted by atomic mass is 9.88. The fourth-order valence-corrected chi connectivity index (χ4v) is 4.14. The van der Waals surface area contributed by atoms with Crippen molar-refractivity contribution in [3.8, 4) is 0 Å². The van der Waals surface area contributed by atoms with Crippen molar-refractivity contribution in [2.75, 3.05) is 5.32 Å². The van der Waals surface area contributed by atoms with Crippen molar-refractivity contribution in [3.63, 3.8) is 0 Å². The molecule has 0 spiro atoms. The van der Waals surface area contributed by atoms with Gasteiger partial charge in [-0.15, -0.1) is 11.3 Å². The van der Waals surface area contributed by atoms with Gasteiger partial charge in [0.15, 0.2) is 0 Å². The van der Waals surface area contributed by atoms with Crippen LogP contribution in [0.25, 0.3) is 0 Å². The number of halogens is 3. The van der Waals surface area contributed by atoms with Crippen molar-refractivity contribution in [1.82, 2.24) is 0 Å². The minimum Gasteiger partial charge on any atom is -0.321 e. The van der Waals surface area contributed by atoms with Gasteiger partial charge in [-0.05, 0) is 42.9 Å². The van der Waals surface area contributed by atoms with E-state index in [4.69, 9.17) is 0 Å². The lowest BCUT2D eigenvalue weighted by Crippen LogP contribution is -2.18. The molecule has 0 radical (unpaired) electrons. The summed E-state index contributed by atoms with van der Waals surface area (Å²) in [5.74, 6) is 0.122. The van der Waals surface area contributed by atoms with Crippen LogP contribution in [0.1, 0.15) is 39.7 Å². The topological polar surface area (TPSA) is 29.1 Å². The van der Waals surface area contributed by atoms with Gasteiger partial charge >= 0.3 is 6.18 Å². The molecule has 1 N–H and O–H groups in total. The summed E-state index contributed by atoms with van der Waals surface area (Å²) in [5.41, 5.74) is 0.476. The van der Waals surface area contributed by atoms with Crippen LogP contribution < -0.4 is 5.32 Å². The fourth-order valence-electron chi connectivity index (χ4n) is 2.90. The highest BCUT2D eigenvalue weighted by Crippen LogP contribution is 2.36. The van der Waals surface area contributed by atoms with Crippen LogP contribution in [0.15, 0.2) is 29.6 Å². The molecule has 1 aliphatic carbocycles. The third-order valence-corrected chi connectivity index (χ3v) is 5.18. The number of carbonyl (C=O) groups excluding carboxylic acids is 1. The van der Waals surface area contributed by atoms with E-state index in [1.165, 1.54) is 34.4 Å². The summed E-state index contributed by atoms with van der Waals surface area (Å²) in [4.78, 5) is 13.6. The summed E-state index contributed by atoms with van der Waals surface area (Å²) in [5, 5.41) is 4.19. The Balaban J connectivity index is 1.87. The molecule has 1 heterocycles. The quantitative estimate of drug-likeness (QED) is 0.806. The highest BCUT2D eigenvalue weighted by molar-refractivity contribution is 7.10. The Morgan fingerprint density at radius 1 is 1.30 bits per heavy atom. The first kappa shape index (κ1) is 16.1. The zero-order chi connectivity index (χ0) is 16.6. The number of benzene rings is 1. The summed E-state index contributed by atoms with van der Waals surface area (Å²) in [6.45, 7) is 2.17. The predicted molar refractivity (Wildman–Crippen MR) is 84.9 cm³/mol. The van der Waals surface area contributed by atoms with Gasteiger partial charge in [-0.3, -0.25) is 4.79 Å².